The van der Waals surface area contributed by atoms with E-state index < -0.39 is 12.1 Å². The molecule has 5 nitrogen and oxygen atoms in total. The second-order valence-corrected chi connectivity index (χ2v) is 6.56. The molecule has 130 valence electrons. The Hall–Kier alpha value is -2.18. The van der Waals surface area contributed by atoms with Crippen molar-refractivity contribution in [1.82, 2.24) is 4.90 Å². The number of halogens is 1. The van der Waals surface area contributed by atoms with Crippen molar-refractivity contribution < 1.29 is 19.1 Å². The number of benzene rings is 2. The average Bonchev–Trinajstić information content (AvgIpc) is 2.67. The summed E-state index contributed by atoms with van der Waals surface area (Å²) < 4.78 is 11.7. The van der Waals surface area contributed by atoms with E-state index in [0.29, 0.717) is 37.4 Å². The van der Waals surface area contributed by atoms with Crippen molar-refractivity contribution in [3.63, 3.8) is 0 Å². The Bertz CT molecular complexity index is 744. The van der Waals surface area contributed by atoms with Crippen molar-refractivity contribution >= 4 is 27.8 Å². The average molecular weight is 404 g/mol. The number of ether oxygens (including phenoxy) is 2. The van der Waals surface area contributed by atoms with Gasteiger partial charge >= 0.3 is 5.97 Å². The van der Waals surface area contributed by atoms with E-state index in [-0.39, 0.29) is 5.91 Å². The topological polar surface area (TPSA) is 55.8 Å². The summed E-state index contributed by atoms with van der Waals surface area (Å²) in [7, 11) is 0. The molecule has 2 aromatic rings. The summed E-state index contributed by atoms with van der Waals surface area (Å²) in [4.78, 5) is 27.1. The molecule has 1 heterocycles. The van der Waals surface area contributed by atoms with Crippen molar-refractivity contribution in [2.24, 2.45) is 0 Å². The molecule has 1 aliphatic heterocycles. The molecule has 0 N–H and O–H groups in total. The molecule has 0 radical (unpaired) electrons. The van der Waals surface area contributed by atoms with Crippen LogP contribution in [0.4, 0.5) is 0 Å². The van der Waals surface area contributed by atoms with Crippen LogP contribution in [0, 0.1) is 0 Å². The number of hydrogen-bond acceptors (Lipinski definition) is 4. The molecule has 1 fully saturated rings. The Morgan fingerprint density at radius 2 is 1.76 bits per heavy atom. The smallest absolute Gasteiger partial charge is 0.339 e. The molecule has 0 bridgehead atoms. The summed E-state index contributed by atoms with van der Waals surface area (Å²) in [6.45, 7) is 1.98. The number of carbonyl (C=O) groups excluding carboxylic acids is 2. The molecular formula is C19H18BrNO4. The van der Waals surface area contributed by atoms with Crippen LogP contribution in [-0.2, 0) is 14.3 Å². The molecule has 6 heteroatoms. The van der Waals surface area contributed by atoms with Gasteiger partial charge in [-0.3, -0.25) is 4.79 Å². The zero-order chi connectivity index (χ0) is 17.6. The Morgan fingerprint density at radius 1 is 1.04 bits per heavy atom. The fraction of sp³-hybridized carbons (Fsp3) is 0.263. The Kier molecular flexibility index (Phi) is 5.83. The third-order valence-corrected chi connectivity index (χ3v) is 4.43. The number of esters is 1. The predicted octanol–water partition coefficient (Wildman–Crippen LogP) is 3.21. The first-order valence-electron chi connectivity index (χ1n) is 8.03. The predicted molar refractivity (Wildman–Crippen MR) is 96.1 cm³/mol. The molecule has 0 aliphatic carbocycles. The fourth-order valence-corrected chi connectivity index (χ4v) is 3.03. The first-order valence-corrected chi connectivity index (χ1v) is 8.82. The number of hydrogen-bond donors (Lipinski definition) is 0. The molecule has 25 heavy (non-hydrogen) atoms. The van der Waals surface area contributed by atoms with Gasteiger partial charge in [-0.2, -0.15) is 0 Å². The van der Waals surface area contributed by atoms with Crippen molar-refractivity contribution in [2.45, 2.75) is 6.10 Å². The van der Waals surface area contributed by atoms with E-state index in [9.17, 15) is 9.59 Å². The Morgan fingerprint density at radius 3 is 2.44 bits per heavy atom. The van der Waals surface area contributed by atoms with Gasteiger partial charge in [-0.1, -0.05) is 52.3 Å². The molecule has 1 aliphatic rings. The lowest BCUT2D eigenvalue weighted by Crippen LogP contribution is -2.44. The van der Waals surface area contributed by atoms with Crippen LogP contribution < -0.4 is 0 Å². The van der Waals surface area contributed by atoms with Crippen molar-refractivity contribution in [3.8, 4) is 0 Å². The zero-order valence-corrected chi connectivity index (χ0v) is 15.1. The quantitative estimate of drug-likeness (QED) is 0.735. The maximum Gasteiger partial charge on any atom is 0.339 e. The first-order chi connectivity index (χ1) is 12.1. The standard InChI is InChI=1S/C19H18BrNO4/c20-16-8-4-7-15(13-16)19(23)25-17(14-5-2-1-3-6-14)18(22)21-9-11-24-12-10-21/h1-8,13,17H,9-12H2/t17-/m0/s1. The number of carbonyl (C=O) groups is 2. The highest BCUT2D eigenvalue weighted by molar-refractivity contribution is 9.10. The number of morpholine rings is 1. The highest BCUT2D eigenvalue weighted by Gasteiger charge is 2.30. The third-order valence-electron chi connectivity index (χ3n) is 3.93. The first kappa shape index (κ1) is 17.6. The van der Waals surface area contributed by atoms with E-state index in [1.807, 2.05) is 24.3 Å². The zero-order valence-electron chi connectivity index (χ0n) is 13.6. The normalized spacial score (nSPS) is 15.5. The minimum atomic E-state index is -0.967. The summed E-state index contributed by atoms with van der Waals surface area (Å²) in [5.41, 5.74) is 1.05. The van der Waals surface area contributed by atoms with E-state index in [4.69, 9.17) is 9.47 Å². The SMILES string of the molecule is O=C(O[C@H](C(=O)N1CCOCC1)c1ccccc1)c1cccc(Br)c1. The van der Waals surface area contributed by atoms with Crippen LogP contribution in [0.5, 0.6) is 0 Å². The van der Waals surface area contributed by atoms with Crippen LogP contribution >= 0.6 is 15.9 Å². The van der Waals surface area contributed by atoms with Crippen LogP contribution in [0.1, 0.15) is 22.0 Å². The highest BCUT2D eigenvalue weighted by Crippen LogP contribution is 2.23. The molecule has 2 aromatic carbocycles. The van der Waals surface area contributed by atoms with Crippen LogP contribution in [-0.4, -0.2) is 43.1 Å². The van der Waals surface area contributed by atoms with Crippen LogP contribution in [0.3, 0.4) is 0 Å². The highest BCUT2D eigenvalue weighted by atomic mass is 79.9. The van der Waals surface area contributed by atoms with Gasteiger partial charge in [-0.05, 0) is 18.2 Å². The molecule has 0 unspecified atom stereocenters. The molecule has 1 atom stereocenters. The Labute approximate surface area is 154 Å². The second-order valence-electron chi connectivity index (χ2n) is 5.64. The molecule has 0 saturated carbocycles. The molecule has 1 saturated heterocycles. The van der Waals surface area contributed by atoms with Gasteiger partial charge in [0.25, 0.3) is 5.91 Å². The van der Waals surface area contributed by atoms with Gasteiger partial charge in [-0.25, -0.2) is 4.79 Å². The molecule has 0 aromatic heterocycles. The van der Waals surface area contributed by atoms with E-state index in [1.165, 1.54) is 0 Å². The van der Waals surface area contributed by atoms with Gasteiger partial charge in [0.1, 0.15) is 0 Å². The van der Waals surface area contributed by atoms with E-state index in [1.54, 1.807) is 35.2 Å². The molecule has 3 rings (SSSR count). The third kappa shape index (κ3) is 4.46. The van der Waals surface area contributed by atoms with Gasteiger partial charge in [0.05, 0.1) is 18.8 Å². The van der Waals surface area contributed by atoms with Gasteiger partial charge in [0.2, 0.25) is 6.10 Å². The van der Waals surface area contributed by atoms with Crippen molar-refractivity contribution in [2.75, 3.05) is 26.3 Å². The summed E-state index contributed by atoms with van der Waals surface area (Å²) >= 11 is 3.34. The van der Waals surface area contributed by atoms with Gasteiger partial charge in [0.15, 0.2) is 0 Å². The fourth-order valence-electron chi connectivity index (χ4n) is 2.63. The Balaban J connectivity index is 1.83. The molecular weight excluding hydrogens is 386 g/mol. The van der Waals surface area contributed by atoms with Crippen LogP contribution in [0.2, 0.25) is 0 Å². The van der Waals surface area contributed by atoms with Gasteiger partial charge in [-0.15, -0.1) is 0 Å². The maximum absolute atomic E-state index is 12.9. The van der Waals surface area contributed by atoms with E-state index in [2.05, 4.69) is 15.9 Å². The van der Waals surface area contributed by atoms with Crippen molar-refractivity contribution in [1.29, 1.82) is 0 Å². The van der Waals surface area contributed by atoms with Crippen molar-refractivity contribution in [3.05, 3.63) is 70.2 Å². The van der Waals surface area contributed by atoms with Crippen LogP contribution in [0.15, 0.2) is 59.1 Å². The largest absolute Gasteiger partial charge is 0.444 e. The van der Waals surface area contributed by atoms with Crippen LogP contribution in [0.25, 0.3) is 0 Å². The van der Waals surface area contributed by atoms with Gasteiger partial charge < -0.3 is 14.4 Å². The minimum absolute atomic E-state index is 0.224. The number of nitrogens with zero attached hydrogens (tertiary/aromatic N) is 1. The van der Waals surface area contributed by atoms with Gasteiger partial charge in [0, 0.05) is 23.1 Å². The number of amides is 1. The lowest BCUT2D eigenvalue weighted by atomic mass is 10.1. The summed E-state index contributed by atoms with van der Waals surface area (Å²) in [5, 5.41) is 0. The summed E-state index contributed by atoms with van der Waals surface area (Å²) in [6.07, 6.45) is -0.967. The minimum Gasteiger partial charge on any atom is -0.444 e. The monoisotopic (exact) mass is 403 g/mol. The number of rotatable bonds is 4. The lowest BCUT2D eigenvalue weighted by molar-refractivity contribution is -0.145. The molecule has 1 amide bonds. The van der Waals surface area contributed by atoms with E-state index >= 15 is 0 Å². The lowest BCUT2D eigenvalue weighted by Gasteiger charge is -2.30. The van der Waals surface area contributed by atoms with E-state index in [0.717, 1.165) is 4.47 Å². The summed E-state index contributed by atoms with van der Waals surface area (Å²) in [5.74, 6) is -0.755. The summed E-state index contributed by atoms with van der Waals surface area (Å²) in [6, 6.07) is 16.0. The maximum atomic E-state index is 12.9. The molecule has 0 spiro atoms. The second kappa shape index (κ2) is 8.27.